The highest BCUT2D eigenvalue weighted by Gasteiger charge is 2.27. The predicted octanol–water partition coefficient (Wildman–Crippen LogP) is 4.31. The SMILES string of the molecule is CCC1CCC(C(O)c2sccc2C)CC1. The first-order chi connectivity index (χ1) is 7.72. The molecule has 1 aromatic heterocycles. The number of thiophene rings is 1. The molecule has 1 atom stereocenters. The Labute approximate surface area is 103 Å². The second-order valence-corrected chi connectivity index (χ2v) is 6.05. The molecule has 2 rings (SSSR count). The highest BCUT2D eigenvalue weighted by molar-refractivity contribution is 7.10. The van der Waals surface area contributed by atoms with E-state index in [9.17, 15) is 5.11 Å². The monoisotopic (exact) mass is 238 g/mol. The maximum atomic E-state index is 10.4. The van der Waals surface area contributed by atoms with E-state index in [4.69, 9.17) is 0 Å². The van der Waals surface area contributed by atoms with E-state index in [2.05, 4.69) is 25.3 Å². The number of aliphatic hydroxyl groups is 1. The van der Waals surface area contributed by atoms with Crippen LogP contribution in [0.1, 0.15) is 55.6 Å². The lowest BCUT2D eigenvalue weighted by molar-refractivity contribution is 0.0753. The maximum absolute atomic E-state index is 10.4. The number of rotatable bonds is 3. The van der Waals surface area contributed by atoms with Crippen molar-refractivity contribution in [3.05, 3.63) is 21.9 Å². The first kappa shape index (κ1) is 12.1. The third kappa shape index (κ3) is 2.49. The molecule has 2 heteroatoms. The molecular formula is C14H22OS. The second-order valence-electron chi connectivity index (χ2n) is 5.10. The molecule has 1 aliphatic rings. The van der Waals surface area contributed by atoms with E-state index in [1.807, 2.05) is 0 Å². The van der Waals surface area contributed by atoms with Gasteiger partial charge in [-0.25, -0.2) is 0 Å². The molecule has 0 bridgehead atoms. The Hall–Kier alpha value is -0.340. The normalized spacial score (nSPS) is 27.9. The molecule has 0 amide bonds. The standard InChI is InChI=1S/C14H22OS/c1-3-11-4-6-12(7-5-11)13(15)14-10(2)8-9-16-14/h8-9,11-13,15H,3-7H2,1-2H3. The molecule has 1 saturated carbocycles. The zero-order chi connectivity index (χ0) is 11.5. The summed E-state index contributed by atoms with van der Waals surface area (Å²) in [5.74, 6) is 1.41. The summed E-state index contributed by atoms with van der Waals surface area (Å²) in [5, 5.41) is 12.5. The zero-order valence-corrected chi connectivity index (χ0v) is 11.1. The lowest BCUT2D eigenvalue weighted by Gasteiger charge is -2.30. The van der Waals surface area contributed by atoms with Gasteiger partial charge in [0, 0.05) is 4.88 Å². The largest absolute Gasteiger partial charge is 0.387 e. The van der Waals surface area contributed by atoms with Gasteiger partial charge in [0.15, 0.2) is 0 Å². The average molecular weight is 238 g/mol. The molecule has 16 heavy (non-hydrogen) atoms. The van der Waals surface area contributed by atoms with Crippen molar-refractivity contribution in [3.8, 4) is 0 Å². The minimum Gasteiger partial charge on any atom is -0.387 e. The highest BCUT2D eigenvalue weighted by atomic mass is 32.1. The Morgan fingerprint density at radius 3 is 2.56 bits per heavy atom. The number of hydrogen-bond donors (Lipinski definition) is 1. The van der Waals surface area contributed by atoms with Gasteiger partial charge in [-0.2, -0.15) is 0 Å². The van der Waals surface area contributed by atoms with Gasteiger partial charge in [-0.15, -0.1) is 11.3 Å². The van der Waals surface area contributed by atoms with E-state index < -0.39 is 0 Å². The third-order valence-electron chi connectivity index (χ3n) is 4.09. The average Bonchev–Trinajstić information content (AvgIpc) is 2.75. The van der Waals surface area contributed by atoms with E-state index in [0.29, 0.717) is 5.92 Å². The van der Waals surface area contributed by atoms with Crippen LogP contribution in [0.3, 0.4) is 0 Å². The molecule has 1 nitrogen and oxygen atoms in total. The van der Waals surface area contributed by atoms with Crippen molar-refractivity contribution in [1.82, 2.24) is 0 Å². The van der Waals surface area contributed by atoms with Crippen LogP contribution in [0.5, 0.6) is 0 Å². The Morgan fingerprint density at radius 2 is 2.06 bits per heavy atom. The minimum absolute atomic E-state index is 0.210. The van der Waals surface area contributed by atoms with Gasteiger partial charge in [-0.1, -0.05) is 26.2 Å². The summed E-state index contributed by atoms with van der Waals surface area (Å²) < 4.78 is 0. The van der Waals surface area contributed by atoms with E-state index in [-0.39, 0.29) is 6.10 Å². The van der Waals surface area contributed by atoms with Crippen LogP contribution < -0.4 is 0 Å². The van der Waals surface area contributed by atoms with Crippen LogP contribution in [0.15, 0.2) is 11.4 Å². The quantitative estimate of drug-likeness (QED) is 0.832. The first-order valence-corrected chi connectivity index (χ1v) is 7.32. The lowest BCUT2D eigenvalue weighted by Crippen LogP contribution is -2.20. The van der Waals surface area contributed by atoms with Gasteiger partial charge >= 0.3 is 0 Å². The summed E-state index contributed by atoms with van der Waals surface area (Å²) >= 11 is 1.71. The van der Waals surface area contributed by atoms with Crippen molar-refractivity contribution in [3.63, 3.8) is 0 Å². The fourth-order valence-corrected chi connectivity index (χ4v) is 3.82. The minimum atomic E-state index is -0.210. The number of hydrogen-bond acceptors (Lipinski definition) is 2. The molecular weight excluding hydrogens is 216 g/mol. The van der Waals surface area contributed by atoms with Crippen LogP contribution in [0.2, 0.25) is 0 Å². The van der Waals surface area contributed by atoms with Crippen LogP contribution >= 0.6 is 11.3 Å². The highest BCUT2D eigenvalue weighted by Crippen LogP contribution is 2.39. The molecule has 1 aliphatic carbocycles. The van der Waals surface area contributed by atoms with Gasteiger partial charge in [0.25, 0.3) is 0 Å². The van der Waals surface area contributed by atoms with Crippen molar-refractivity contribution in [1.29, 1.82) is 0 Å². The fourth-order valence-electron chi connectivity index (χ4n) is 2.81. The molecule has 0 aliphatic heterocycles. The van der Waals surface area contributed by atoms with Crippen LogP contribution in [0.25, 0.3) is 0 Å². The van der Waals surface area contributed by atoms with Crippen LogP contribution in [0.4, 0.5) is 0 Å². The van der Waals surface area contributed by atoms with Gasteiger partial charge in [0.1, 0.15) is 0 Å². The van der Waals surface area contributed by atoms with E-state index in [1.165, 1.54) is 42.5 Å². The van der Waals surface area contributed by atoms with Gasteiger partial charge in [-0.3, -0.25) is 0 Å². The maximum Gasteiger partial charge on any atom is 0.0912 e. The van der Waals surface area contributed by atoms with Crippen molar-refractivity contribution >= 4 is 11.3 Å². The van der Waals surface area contributed by atoms with Crippen LogP contribution in [-0.2, 0) is 0 Å². The Balaban J connectivity index is 1.97. The molecule has 1 fully saturated rings. The second kappa shape index (κ2) is 5.33. The molecule has 0 radical (unpaired) electrons. The third-order valence-corrected chi connectivity index (χ3v) is 5.18. The molecule has 90 valence electrons. The molecule has 0 spiro atoms. The van der Waals surface area contributed by atoms with E-state index in [1.54, 1.807) is 11.3 Å². The van der Waals surface area contributed by atoms with Crippen molar-refractivity contribution in [2.75, 3.05) is 0 Å². The molecule has 0 saturated heterocycles. The lowest BCUT2D eigenvalue weighted by atomic mass is 9.78. The van der Waals surface area contributed by atoms with E-state index >= 15 is 0 Å². The van der Waals surface area contributed by atoms with Gasteiger partial charge in [-0.05, 0) is 48.6 Å². The van der Waals surface area contributed by atoms with Gasteiger partial charge < -0.3 is 5.11 Å². The number of aryl methyl sites for hydroxylation is 1. The summed E-state index contributed by atoms with van der Waals surface area (Å²) in [6, 6.07) is 2.11. The molecule has 0 aromatic carbocycles. The Morgan fingerprint density at radius 1 is 1.38 bits per heavy atom. The first-order valence-electron chi connectivity index (χ1n) is 6.44. The zero-order valence-electron chi connectivity index (χ0n) is 10.3. The van der Waals surface area contributed by atoms with Crippen LogP contribution in [0, 0.1) is 18.8 Å². The number of aliphatic hydroxyl groups excluding tert-OH is 1. The smallest absolute Gasteiger partial charge is 0.0912 e. The molecule has 1 heterocycles. The Bertz CT molecular complexity index is 323. The Kier molecular flexibility index (Phi) is 4.04. The van der Waals surface area contributed by atoms with Crippen LogP contribution in [-0.4, -0.2) is 5.11 Å². The molecule has 1 aromatic rings. The van der Waals surface area contributed by atoms with Gasteiger partial charge in [0.2, 0.25) is 0 Å². The summed E-state index contributed by atoms with van der Waals surface area (Å²) in [5.41, 5.74) is 1.26. The van der Waals surface area contributed by atoms with Crippen molar-refractivity contribution in [2.24, 2.45) is 11.8 Å². The van der Waals surface area contributed by atoms with Crippen molar-refractivity contribution in [2.45, 2.75) is 52.1 Å². The van der Waals surface area contributed by atoms with E-state index in [0.717, 1.165) is 5.92 Å². The molecule has 1 unspecified atom stereocenters. The summed E-state index contributed by atoms with van der Waals surface area (Å²) in [6.07, 6.45) is 6.12. The fraction of sp³-hybridized carbons (Fsp3) is 0.714. The predicted molar refractivity (Wildman–Crippen MR) is 69.8 cm³/mol. The summed E-state index contributed by atoms with van der Waals surface area (Å²) in [6.45, 7) is 4.39. The topological polar surface area (TPSA) is 20.2 Å². The summed E-state index contributed by atoms with van der Waals surface area (Å²) in [7, 11) is 0. The summed E-state index contributed by atoms with van der Waals surface area (Å²) in [4.78, 5) is 1.19. The van der Waals surface area contributed by atoms with Crippen molar-refractivity contribution < 1.29 is 5.11 Å². The van der Waals surface area contributed by atoms with Gasteiger partial charge in [0.05, 0.1) is 6.10 Å². The molecule has 1 N–H and O–H groups in total.